The number of benzene rings is 4. The molecule has 0 saturated heterocycles. The third kappa shape index (κ3) is 5.09. The summed E-state index contributed by atoms with van der Waals surface area (Å²) in [6, 6.07) is 27.1. The Morgan fingerprint density at radius 2 is 1.82 bits per heavy atom. The number of allylic oxidation sites excluding steroid dienone is 2. The van der Waals surface area contributed by atoms with Crippen LogP contribution in [0.2, 0.25) is 5.02 Å². The van der Waals surface area contributed by atoms with Crippen molar-refractivity contribution in [3.05, 3.63) is 136 Å². The van der Waals surface area contributed by atoms with Crippen LogP contribution in [0.4, 0.5) is 15.8 Å². The molecule has 3 nitrogen and oxygen atoms in total. The summed E-state index contributed by atoms with van der Waals surface area (Å²) >= 11 is 6.26. The number of anilines is 1. The molecule has 0 saturated carbocycles. The van der Waals surface area contributed by atoms with Crippen molar-refractivity contribution >= 4 is 29.2 Å². The number of hydrogen-bond donors (Lipinski definition) is 1. The zero-order chi connectivity index (χ0) is 26.1. The molecule has 38 heavy (non-hydrogen) atoms. The van der Waals surface area contributed by atoms with Crippen LogP contribution < -0.4 is 10.1 Å². The summed E-state index contributed by atoms with van der Waals surface area (Å²) in [5, 5.41) is 4.41. The third-order valence-corrected chi connectivity index (χ3v) is 7.64. The smallest absolute Gasteiger partial charge is 0.128 e. The van der Waals surface area contributed by atoms with E-state index in [9.17, 15) is 4.39 Å². The Kier molecular flexibility index (Phi) is 6.73. The second kappa shape index (κ2) is 10.5. The molecule has 5 heteroatoms. The van der Waals surface area contributed by atoms with E-state index in [0.29, 0.717) is 29.2 Å². The van der Waals surface area contributed by atoms with Gasteiger partial charge >= 0.3 is 0 Å². The number of halogens is 2. The Labute approximate surface area is 227 Å². The Morgan fingerprint density at radius 1 is 1.00 bits per heavy atom. The highest BCUT2D eigenvalue weighted by molar-refractivity contribution is 6.30. The SMILES string of the molecule is Cc1ccc2c(c1)[C@@H]1C=CC[C@H]1[C@H](c1ccc(N=Cc3cc(Cl)ccc3OCc3ccc(F)cc3)cc1)N2. The van der Waals surface area contributed by atoms with Crippen molar-refractivity contribution in [3.8, 4) is 5.75 Å². The largest absolute Gasteiger partial charge is 0.488 e. The molecule has 1 heterocycles. The lowest BCUT2D eigenvalue weighted by Crippen LogP contribution is -2.29. The number of aliphatic imine (C=N–C) groups is 1. The van der Waals surface area contributed by atoms with E-state index in [-0.39, 0.29) is 11.9 Å². The minimum Gasteiger partial charge on any atom is -0.488 e. The van der Waals surface area contributed by atoms with Gasteiger partial charge in [0.25, 0.3) is 0 Å². The van der Waals surface area contributed by atoms with Crippen LogP contribution in [0.15, 0.2) is 102 Å². The van der Waals surface area contributed by atoms with Crippen LogP contribution in [0.5, 0.6) is 5.75 Å². The zero-order valence-corrected chi connectivity index (χ0v) is 21.8. The molecule has 0 amide bonds. The van der Waals surface area contributed by atoms with Crippen molar-refractivity contribution in [2.45, 2.75) is 31.9 Å². The molecule has 1 aliphatic heterocycles. The standard InChI is InChI=1S/C33H28ClFN2O/c1-21-5-15-31-30(17-21)28-3-2-4-29(28)33(37-31)23-8-13-27(14-9-23)36-19-24-18-25(34)10-16-32(24)38-20-22-6-11-26(35)12-7-22/h2-3,5-19,28-29,33,37H,4,20H2,1H3/t28-,29-,33+/m1/s1. The van der Waals surface area contributed by atoms with Gasteiger partial charge in [-0.15, -0.1) is 0 Å². The van der Waals surface area contributed by atoms with Crippen LogP contribution in [-0.4, -0.2) is 6.21 Å². The van der Waals surface area contributed by atoms with Crippen LogP contribution in [0.3, 0.4) is 0 Å². The van der Waals surface area contributed by atoms with Crippen molar-refractivity contribution in [1.29, 1.82) is 0 Å². The van der Waals surface area contributed by atoms with E-state index in [1.54, 1.807) is 24.4 Å². The molecule has 0 bridgehead atoms. The lowest BCUT2D eigenvalue weighted by molar-refractivity contribution is 0.305. The summed E-state index contributed by atoms with van der Waals surface area (Å²) < 4.78 is 19.2. The number of nitrogens with zero attached hydrogens (tertiary/aromatic N) is 1. The van der Waals surface area contributed by atoms with Crippen molar-refractivity contribution in [2.24, 2.45) is 10.9 Å². The van der Waals surface area contributed by atoms with Crippen molar-refractivity contribution in [3.63, 3.8) is 0 Å². The average molecular weight is 523 g/mol. The molecule has 4 aromatic rings. The van der Waals surface area contributed by atoms with Crippen LogP contribution in [0.25, 0.3) is 0 Å². The van der Waals surface area contributed by atoms with Crippen LogP contribution >= 0.6 is 11.6 Å². The van der Waals surface area contributed by atoms with Gasteiger partial charge < -0.3 is 10.1 Å². The van der Waals surface area contributed by atoms with Gasteiger partial charge in [0.05, 0.1) is 11.7 Å². The second-order valence-electron chi connectivity index (χ2n) is 10.0. The van der Waals surface area contributed by atoms with Crippen molar-refractivity contribution < 1.29 is 9.13 Å². The quantitative estimate of drug-likeness (QED) is 0.202. The highest BCUT2D eigenvalue weighted by Crippen LogP contribution is 2.50. The summed E-state index contributed by atoms with van der Waals surface area (Å²) in [4.78, 5) is 4.70. The Hall–Kier alpha value is -3.89. The molecule has 0 spiro atoms. The normalized spacial score (nSPS) is 19.7. The maximum atomic E-state index is 13.2. The van der Waals surface area contributed by atoms with Crippen molar-refractivity contribution in [2.75, 3.05) is 5.32 Å². The van der Waals surface area contributed by atoms with Gasteiger partial charge in [-0.1, -0.05) is 65.7 Å². The maximum Gasteiger partial charge on any atom is 0.128 e. The highest BCUT2D eigenvalue weighted by atomic mass is 35.5. The minimum absolute atomic E-state index is 0.252. The van der Waals surface area contributed by atoms with E-state index in [1.165, 1.54) is 34.5 Å². The minimum atomic E-state index is -0.266. The molecule has 0 unspecified atom stereocenters. The first-order chi connectivity index (χ1) is 18.5. The number of fused-ring (bicyclic) bond motifs is 3. The van der Waals surface area contributed by atoms with E-state index in [0.717, 1.165) is 23.2 Å². The number of nitrogens with one attached hydrogen (secondary N) is 1. The monoisotopic (exact) mass is 522 g/mol. The lowest BCUT2D eigenvalue weighted by atomic mass is 9.76. The molecular formula is C33H28ClFN2O. The topological polar surface area (TPSA) is 33.6 Å². The number of aryl methyl sites for hydroxylation is 1. The number of hydrogen-bond acceptors (Lipinski definition) is 3. The van der Waals surface area contributed by atoms with Gasteiger partial charge in [-0.3, -0.25) is 4.99 Å². The predicted octanol–water partition coefficient (Wildman–Crippen LogP) is 8.94. The fourth-order valence-electron chi connectivity index (χ4n) is 5.45. The Bertz CT molecular complexity index is 1510. The summed E-state index contributed by atoms with van der Waals surface area (Å²) in [6.45, 7) is 2.48. The first-order valence-electron chi connectivity index (χ1n) is 12.9. The second-order valence-corrected chi connectivity index (χ2v) is 10.4. The summed E-state index contributed by atoms with van der Waals surface area (Å²) in [5.74, 6) is 1.35. The molecule has 3 atom stereocenters. The molecule has 190 valence electrons. The van der Waals surface area contributed by atoms with Gasteiger partial charge in [0, 0.05) is 28.4 Å². The average Bonchev–Trinajstić information content (AvgIpc) is 3.43. The molecule has 2 aliphatic rings. The zero-order valence-electron chi connectivity index (χ0n) is 21.1. The van der Waals surface area contributed by atoms with Crippen LogP contribution in [-0.2, 0) is 6.61 Å². The van der Waals surface area contributed by atoms with Gasteiger partial charge in [-0.05, 0) is 84.5 Å². The van der Waals surface area contributed by atoms with Gasteiger partial charge in [-0.25, -0.2) is 4.39 Å². The predicted molar refractivity (Wildman–Crippen MR) is 153 cm³/mol. The summed E-state index contributed by atoms with van der Waals surface area (Å²) in [5.41, 5.74) is 7.71. The summed E-state index contributed by atoms with van der Waals surface area (Å²) in [7, 11) is 0. The third-order valence-electron chi connectivity index (χ3n) is 7.40. The molecule has 6 rings (SSSR count). The van der Waals surface area contributed by atoms with E-state index in [1.807, 2.05) is 12.1 Å². The molecule has 1 aliphatic carbocycles. The first kappa shape index (κ1) is 24.4. The van der Waals surface area contributed by atoms with E-state index >= 15 is 0 Å². The molecule has 0 fully saturated rings. The highest BCUT2D eigenvalue weighted by Gasteiger charge is 2.37. The van der Waals surface area contributed by atoms with Gasteiger partial charge in [0.2, 0.25) is 0 Å². The Balaban J connectivity index is 1.19. The van der Waals surface area contributed by atoms with Gasteiger partial charge in [0.1, 0.15) is 18.2 Å². The first-order valence-corrected chi connectivity index (χ1v) is 13.3. The fraction of sp³-hybridized carbons (Fsp3) is 0.182. The Morgan fingerprint density at radius 3 is 2.63 bits per heavy atom. The summed E-state index contributed by atoms with van der Waals surface area (Å²) in [6.07, 6.45) is 7.54. The lowest BCUT2D eigenvalue weighted by Gasteiger charge is -2.37. The maximum absolute atomic E-state index is 13.2. The number of ether oxygens (including phenoxy) is 1. The van der Waals surface area contributed by atoms with Crippen LogP contribution in [0, 0.1) is 18.7 Å². The van der Waals surface area contributed by atoms with Crippen LogP contribution in [0.1, 0.15) is 46.2 Å². The van der Waals surface area contributed by atoms with E-state index < -0.39 is 0 Å². The van der Waals surface area contributed by atoms with E-state index in [2.05, 4.69) is 66.9 Å². The molecule has 4 aromatic carbocycles. The van der Waals surface area contributed by atoms with Gasteiger partial charge in [-0.2, -0.15) is 0 Å². The fourth-order valence-corrected chi connectivity index (χ4v) is 5.63. The molecule has 1 N–H and O–H groups in total. The number of rotatable bonds is 6. The van der Waals surface area contributed by atoms with Gasteiger partial charge in [0.15, 0.2) is 0 Å². The molecular weight excluding hydrogens is 495 g/mol. The molecule has 0 aromatic heterocycles. The van der Waals surface area contributed by atoms with Crippen molar-refractivity contribution in [1.82, 2.24) is 0 Å². The molecule has 0 radical (unpaired) electrons. The van der Waals surface area contributed by atoms with E-state index in [4.69, 9.17) is 21.3 Å².